The number of anilines is 1. The van der Waals surface area contributed by atoms with E-state index in [1.165, 1.54) is 38.5 Å². The van der Waals surface area contributed by atoms with E-state index < -0.39 is 0 Å². The van der Waals surface area contributed by atoms with Crippen molar-refractivity contribution in [1.29, 1.82) is 0 Å². The van der Waals surface area contributed by atoms with Crippen molar-refractivity contribution >= 4 is 50.5 Å². The van der Waals surface area contributed by atoms with Crippen LogP contribution in [0.5, 0.6) is 0 Å². The molecule has 0 aliphatic rings. The van der Waals surface area contributed by atoms with Crippen molar-refractivity contribution in [1.82, 2.24) is 4.90 Å². The van der Waals surface area contributed by atoms with Gasteiger partial charge in [-0.25, -0.2) is 0 Å². The molecule has 0 amide bonds. The van der Waals surface area contributed by atoms with Gasteiger partial charge >= 0.3 is 0 Å². The third kappa shape index (κ3) is 7.30. The average Bonchev–Trinajstić information content (AvgIpc) is 2.48. The number of hydrogen-bond donors (Lipinski definition) is 1. The van der Waals surface area contributed by atoms with Gasteiger partial charge in [-0.3, -0.25) is 0 Å². The first-order valence-corrected chi connectivity index (χ1v) is 9.67. The molecule has 0 spiro atoms. The summed E-state index contributed by atoms with van der Waals surface area (Å²) in [4.78, 5) is 2.28. The van der Waals surface area contributed by atoms with E-state index in [1.54, 1.807) is 0 Å². The molecular weight excluding hydrogens is 380 g/mol. The van der Waals surface area contributed by atoms with Crippen molar-refractivity contribution in [3.05, 3.63) is 27.7 Å². The number of unbranched alkanes of at least 4 members (excludes halogenated alkanes) is 4. The van der Waals surface area contributed by atoms with Crippen LogP contribution in [0.2, 0.25) is 5.02 Å². The molecule has 0 fully saturated rings. The average molecular weight is 406 g/mol. The quantitative estimate of drug-likeness (QED) is 0.374. The summed E-state index contributed by atoms with van der Waals surface area (Å²) in [5.74, 6) is 0. The van der Waals surface area contributed by atoms with Crippen molar-refractivity contribution in [3.63, 3.8) is 0 Å². The van der Waals surface area contributed by atoms with Crippen molar-refractivity contribution in [2.75, 3.05) is 18.4 Å². The highest BCUT2D eigenvalue weighted by molar-refractivity contribution is 9.10. The summed E-state index contributed by atoms with van der Waals surface area (Å²) in [6, 6.07) is 5.80. The Bertz CT molecular complexity index is 458. The first-order chi connectivity index (χ1) is 10.6. The van der Waals surface area contributed by atoms with E-state index in [-0.39, 0.29) is 0 Å². The minimum absolute atomic E-state index is 0.679. The summed E-state index contributed by atoms with van der Waals surface area (Å²) >= 11 is 15.3. The molecular formula is C17H26BrClN2S. The second-order valence-corrected chi connectivity index (χ2v) is 7.17. The fraction of sp³-hybridized carbons (Fsp3) is 0.588. The Labute approximate surface area is 153 Å². The molecule has 0 bridgehead atoms. The molecule has 22 heavy (non-hydrogen) atoms. The van der Waals surface area contributed by atoms with Gasteiger partial charge in [-0.2, -0.15) is 0 Å². The molecule has 1 aromatic rings. The lowest BCUT2D eigenvalue weighted by atomic mass is 10.2. The van der Waals surface area contributed by atoms with Gasteiger partial charge in [-0.1, -0.05) is 67.1 Å². The molecule has 1 N–H and O–H groups in total. The monoisotopic (exact) mass is 404 g/mol. The molecule has 0 unspecified atom stereocenters. The van der Waals surface area contributed by atoms with Gasteiger partial charge in [0, 0.05) is 17.6 Å². The van der Waals surface area contributed by atoms with E-state index in [0.717, 1.165) is 28.4 Å². The smallest absolute Gasteiger partial charge is 0.173 e. The summed E-state index contributed by atoms with van der Waals surface area (Å²) in [7, 11) is 0. The van der Waals surface area contributed by atoms with E-state index in [0.29, 0.717) is 5.02 Å². The number of nitrogens with zero attached hydrogens (tertiary/aromatic N) is 1. The predicted octanol–water partition coefficient (Wildman–Crippen LogP) is 6.48. The van der Waals surface area contributed by atoms with E-state index in [4.69, 9.17) is 23.8 Å². The largest absolute Gasteiger partial charge is 0.349 e. The summed E-state index contributed by atoms with van der Waals surface area (Å²) in [5, 5.41) is 4.75. The van der Waals surface area contributed by atoms with Crippen LogP contribution in [0.1, 0.15) is 52.4 Å². The number of halogens is 2. The van der Waals surface area contributed by atoms with Crippen LogP contribution in [0.3, 0.4) is 0 Å². The Kier molecular flexibility index (Phi) is 10.1. The van der Waals surface area contributed by atoms with Crippen molar-refractivity contribution in [2.45, 2.75) is 52.4 Å². The van der Waals surface area contributed by atoms with Crippen LogP contribution in [0.15, 0.2) is 22.7 Å². The van der Waals surface area contributed by atoms with Crippen LogP contribution in [-0.4, -0.2) is 23.1 Å². The number of thiocarbonyl (C=S) groups is 1. The molecule has 0 aliphatic carbocycles. The zero-order valence-electron chi connectivity index (χ0n) is 13.5. The lowest BCUT2D eigenvalue weighted by Gasteiger charge is -2.26. The number of hydrogen-bond acceptors (Lipinski definition) is 1. The summed E-state index contributed by atoms with van der Waals surface area (Å²) in [6.07, 6.45) is 7.29. The summed E-state index contributed by atoms with van der Waals surface area (Å²) in [6.45, 7) is 6.47. The van der Waals surface area contributed by atoms with E-state index >= 15 is 0 Å². The van der Waals surface area contributed by atoms with E-state index in [2.05, 4.69) is 40.0 Å². The van der Waals surface area contributed by atoms with Gasteiger partial charge in [0.05, 0.1) is 10.7 Å². The maximum atomic E-state index is 6.26. The zero-order valence-corrected chi connectivity index (χ0v) is 16.7. The van der Waals surface area contributed by atoms with Gasteiger partial charge in [0.2, 0.25) is 0 Å². The van der Waals surface area contributed by atoms with Crippen LogP contribution in [-0.2, 0) is 0 Å². The van der Waals surface area contributed by atoms with Crippen LogP contribution in [0, 0.1) is 0 Å². The van der Waals surface area contributed by atoms with Crippen molar-refractivity contribution < 1.29 is 0 Å². The number of nitrogens with one attached hydrogen (secondary N) is 1. The molecule has 0 saturated heterocycles. The van der Waals surface area contributed by atoms with Crippen molar-refractivity contribution in [3.8, 4) is 0 Å². The second-order valence-electron chi connectivity index (χ2n) is 5.46. The molecule has 1 rings (SSSR count). The SMILES string of the molecule is CCCCCN(CCCCC)C(=S)Nc1ccc(Br)cc1Cl. The lowest BCUT2D eigenvalue weighted by molar-refractivity contribution is 0.395. The fourth-order valence-electron chi connectivity index (χ4n) is 2.21. The summed E-state index contributed by atoms with van der Waals surface area (Å²) in [5.41, 5.74) is 0.867. The number of rotatable bonds is 9. The maximum Gasteiger partial charge on any atom is 0.173 e. The highest BCUT2D eigenvalue weighted by Crippen LogP contribution is 2.26. The Hall–Kier alpha value is -0.320. The Morgan fingerprint density at radius 2 is 1.73 bits per heavy atom. The molecule has 0 aromatic heterocycles. The number of benzene rings is 1. The van der Waals surface area contributed by atoms with E-state index in [9.17, 15) is 0 Å². The highest BCUT2D eigenvalue weighted by Gasteiger charge is 2.11. The molecule has 0 heterocycles. The third-order valence-electron chi connectivity index (χ3n) is 3.52. The maximum absolute atomic E-state index is 6.26. The first-order valence-electron chi connectivity index (χ1n) is 8.09. The third-order valence-corrected chi connectivity index (χ3v) is 4.69. The topological polar surface area (TPSA) is 15.3 Å². The molecule has 0 atom stereocenters. The van der Waals surface area contributed by atoms with Crippen LogP contribution in [0.25, 0.3) is 0 Å². The van der Waals surface area contributed by atoms with E-state index in [1.807, 2.05) is 18.2 Å². The zero-order chi connectivity index (χ0) is 16.4. The standard InChI is InChI=1S/C17H26BrClN2S/c1-3-5-7-11-21(12-8-6-4-2)17(22)20-16-10-9-14(18)13-15(16)19/h9-10,13H,3-8,11-12H2,1-2H3,(H,20,22). The highest BCUT2D eigenvalue weighted by atomic mass is 79.9. The van der Waals surface area contributed by atoms with Gasteiger partial charge in [0.25, 0.3) is 0 Å². The first kappa shape index (κ1) is 19.7. The molecule has 124 valence electrons. The molecule has 0 saturated carbocycles. The predicted molar refractivity (Wildman–Crippen MR) is 106 cm³/mol. The summed E-state index contributed by atoms with van der Waals surface area (Å²) < 4.78 is 0.969. The van der Waals surface area contributed by atoms with Crippen molar-refractivity contribution in [2.24, 2.45) is 0 Å². The van der Waals surface area contributed by atoms with Gasteiger partial charge in [-0.05, 0) is 43.3 Å². The minimum atomic E-state index is 0.679. The molecule has 0 radical (unpaired) electrons. The van der Waals surface area contributed by atoms with Gasteiger partial charge in [0.1, 0.15) is 0 Å². The van der Waals surface area contributed by atoms with Crippen LogP contribution < -0.4 is 5.32 Å². The lowest BCUT2D eigenvalue weighted by Crippen LogP contribution is -2.36. The molecule has 1 aromatic carbocycles. The van der Waals surface area contributed by atoms with Crippen LogP contribution >= 0.6 is 39.7 Å². The second kappa shape index (κ2) is 11.3. The Morgan fingerprint density at radius 1 is 1.14 bits per heavy atom. The van der Waals surface area contributed by atoms with Crippen LogP contribution in [0.4, 0.5) is 5.69 Å². The molecule has 0 aliphatic heterocycles. The molecule has 2 nitrogen and oxygen atoms in total. The van der Waals surface area contributed by atoms with Gasteiger partial charge in [0.15, 0.2) is 5.11 Å². The minimum Gasteiger partial charge on any atom is -0.349 e. The van der Waals surface area contributed by atoms with Gasteiger partial charge < -0.3 is 10.2 Å². The van der Waals surface area contributed by atoms with Gasteiger partial charge in [-0.15, -0.1) is 0 Å². The fourth-order valence-corrected chi connectivity index (χ4v) is 3.22. The Balaban J connectivity index is 2.63. The normalized spacial score (nSPS) is 10.5. The molecule has 5 heteroatoms. The Morgan fingerprint density at radius 3 is 2.23 bits per heavy atom.